The Labute approximate surface area is 117 Å². The van der Waals surface area contributed by atoms with E-state index in [9.17, 15) is 18.3 Å². The predicted molar refractivity (Wildman–Crippen MR) is 66.7 cm³/mol. The first kappa shape index (κ1) is 13.5. The fraction of sp³-hybridized carbons (Fsp3) is 0.231. The van der Waals surface area contributed by atoms with E-state index in [4.69, 9.17) is 0 Å². The van der Waals surface area contributed by atoms with E-state index in [0.29, 0.717) is 13.1 Å². The number of hydrogen-bond acceptors (Lipinski definition) is 5. The molecule has 0 saturated carbocycles. The molecule has 2 heterocycles. The fourth-order valence-electron chi connectivity index (χ4n) is 2.20. The zero-order valence-electron chi connectivity index (χ0n) is 10.6. The highest BCUT2D eigenvalue weighted by Gasteiger charge is 2.31. The maximum atomic E-state index is 12.1. The quantitative estimate of drug-likeness (QED) is 0.923. The highest BCUT2D eigenvalue weighted by molar-refractivity contribution is 5.49. The average molecular weight is 297 g/mol. The summed E-state index contributed by atoms with van der Waals surface area (Å²) in [5, 5.41) is 9.76. The van der Waals surface area contributed by atoms with Gasteiger partial charge in [-0.25, -0.2) is 9.97 Å². The van der Waals surface area contributed by atoms with Gasteiger partial charge in [-0.2, -0.15) is 0 Å². The van der Waals surface area contributed by atoms with Crippen LogP contribution in [0.5, 0.6) is 11.5 Å². The predicted octanol–water partition coefficient (Wildman–Crippen LogP) is 2.60. The van der Waals surface area contributed by atoms with Crippen LogP contribution in [0.1, 0.15) is 11.1 Å². The normalized spacial score (nSPS) is 14.1. The number of ether oxygens (including phenoxy) is 1. The summed E-state index contributed by atoms with van der Waals surface area (Å²) in [5.41, 5.74) is 1.71. The first-order valence-corrected chi connectivity index (χ1v) is 6.05. The van der Waals surface area contributed by atoms with E-state index in [1.807, 2.05) is 6.07 Å². The number of alkyl halides is 3. The molecule has 0 spiro atoms. The first-order valence-electron chi connectivity index (χ1n) is 6.05. The maximum absolute atomic E-state index is 12.1. The Morgan fingerprint density at radius 2 is 1.86 bits per heavy atom. The minimum atomic E-state index is -4.76. The van der Waals surface area contributed by atoms with Crippen molar-refractivity contribution in [3.8, 4) is 11.5 Å². The first-order chi connectivity index (χ1) is 9.92. The van der Waals surface area contributed by atoms with Gasteiger partial charge < -0.3 is 14.7 Å². The number of benzene rings is 1. The van der Waals surface area contributed by atoms with E-state index >= 15 is 0 Å². The second-order valence-electron chi connectivity index (χ2n) is 4.54. The minimum Gasteiger partial charge on any atom is -0.508 e. The number of fused-ring (bicyclic) bond motifs is 1. The van der Waals surface area contributed by atoms with Gasteiger partial charge in [-0.05, 0) is 11.6 Å². The molecule has 1 N–H and O–H groups in total. The number of aromatic nitrogens is 2. The van der Waals surface area contributed by atoms with Gasteiger partial charge in [0, 0.05) is 12.1 Å². The largest absolute Gasteiger partial charge is 0.573 e. The summed E-state index contributed by atoms with van der Waals surface area (Å²) >= 11 is 0. The van der Waals surface area contributed by atoms with Crippen molar-refractivity contribution >= 4 is 5.95 Å². The lowest BCUT2D eigenvalue weighted by Crippen LogP contribution is -2.19. The molecule has 5 nitrogen and oxygen atoms in total. The molecular weight excluding hydrogens is 287 g/mol. The Bertz CT molecular complexity index is 659. The lowest BCUT2D eigenvalue weighted by Gasteiger charge is -2.15. The second-order valence-corrected chi connectivity index (χ2v) is 4.54. The van der Waals surface area contributed by atoms with E-state index in [1.165, 1.54) is 0 Å². The summed E-state index contributed by atoms with van der Waals surface area (Å²) in [6, 6.07) is 5.19. The van der Waals surface area contributed by atoms with E-state index in [1.54, 1.807) is 17.0 Å². The molecule has 0 atom stereocenters. The lowest BCUT2D eigenvalue weighted by molar-refractivity contribution is -0.274. The van der Waals surface area contributed by atoms with Crippen molar-refractivity contribution in [1.29, 1.82) is 0 Å². The van der Waals surface area contributed by atoms with Crippen molar-refractivity contribution < 1.29 is 23.0 Å². The standard InChI is InChI=1S/C13H10F3N3O2/c14-13(15,16)21-9-4-17-12(18-5-9)19-6-8-2-1-3-11(20)10(8)7-19/h1-5,20H,6-7H2. The molecule has 1 aromatic heterocycles. The SMILES string of the molecule is Oc1cccc2c1CN(c1ncc(OC(F)(F)F)cn1)C2. The van der Waals surface area contributed by atoms with Crippen molar-refractivity contribution in [1.82, 2.24) is 9.97 Å². The molecule has 21 heavy (non-hydrogen) atoms. The molecule has 0 aliphatic carbocycles. The third kappa shape index (κ3) is 2.83. The van der Waals surface area contributed by atoms with E-state index in [-0.39, 0.29) is 11.7 Å². The van der Waals surface area contributed by atoms with Crippen LogP contribution >= 0.6 is 0 Å². The van der Waals surface area contributed by atoms with Crippen molar-refractivity contribution in [2.45, 2.75) is 19.5 Å². The molecule has 8 heteroatoms. The van der Waals surface area contributed by atoms with Gasteiger partial charge in [0.15, 0.2) is 5.75 Å². The van der Waals surface area contributed by atoms with E-state index < -0.39 is 12.1 Å². The van der Waals surface area contributed by atoms with Gasteiger partial charge in [0.05, 0.1) is 18.9 Å². The molecule has 0 radical (unpaired) electrons. The number of rotatable bonds is 2. The molecule has 110 valence electrons. The third-order valence-electron chi connectivity index (χ3n) is 3.09. The summed E-state index contributed by atoms with van der Waals surface area (Å²) < 4.78 is 39.9. The smallest absolute Gasteiger partial charge is 0.508 e. The van der Waals surface area contributed by atoms with Gasteiger partial charge in [0.1, 0.15) is 5.75 Å². The van der Waals surface area contributed by atoms with Crippen LogP contribution in [0.25, 0.3) is 0 Å². The average Bonchev–Trinajstić information content (AvgIpc) is 2.83. The molecule has 0 fully saturated rings. The van der Waals surface area contributed by atoms with Gasteiger partial charge in [-0.3, -0.25) is 0 Å². The van der Waals surface area contributed by atoms with Gasteiger partial charge in [-0.15, -0.1) is 13.2 Å². The number of phenols is 1. The second kappa shape index (κ2) is 4.80. The zero-order valence-corrected chi connectivity index (χ0v) is 10.6. The monoisotopic (exact) mass is 297 g/mol. The van der Waals surface area contributed by atoms with E-state index in [0.717, 1.165) is 23.5 Å². The summed E-state index contributed by atoms with van der Waals surface area (Å²) in [4.78, 5) is 9.48. The highest BCUT2D eigenvalue weighted by Crippen LogP contribution is 2.32. The number of phenolic OH excluding ortho intramolecular Hbond substituents is 1. The Morgan fingerprint density at radius 3 is 2.48 bits per heavy atom. The van der Waals surface area contributed by atoms with Crippen molar-refractivity contribution in [2.75, 3.05) is 4.90 Å². The van der Waals surface area contributed by atoms with Crippen LogP contribution in [0.15, 0.2) is 30.6 Å². The highest BCUT2D eigenvalue weighted by atomic mass is 19.4. The van der Waals surface area contributed by atoms with Gasteiger partial charge >= 0.3 is 6.36 Å². The molecular formula is C13H10F3N3O2. The zero-order chi connectivity index (χ0) is 15.0. The lowest BCUT2D eigenvalue weighted by atomic mass is 10.1. The van der Waals surface area contributed by atoms with Crippen molar-refractivity contribution in [3.63, 3.8) is 0 Å². The fourth-order valence-corrected chi connectivity index (χ4v) is 2.20. The Morgan fingerprint density at radius 1 is 1.14 bits per heavy atom. The van der Waals surface area contributed by atoms with Crippen LogP contribution in [-0.4, -0.2) is 21.4 Å². The molecule has 0 bridgehead atoms. The van der Waals surface area contributed by atoms with Crippen molar-refractivity contribution in [2.24, 2.45) is 0 Å². The molecule has 1 aromatic carbocycles. The molecule has 3 rings (SSSR count). The van der Waals surface area contributed by atoms with Gasteiger partial charge in [0.25, 0.3) is 0 Å². The topological polar surface area (TPSA) is 58.5 Å². The Hall–Kier alpha value is -2.51. The summed E-state index contributed by atoms with van der Waals surface area (Å²) in [6.07, 6.45) is -2.82. The number of aromatic hydroxyl groups is 1. The molecule has 1 aliphatic heterocycles. The number of halogens is 3. The molecule has 2 aromatic rings. The molecule has 0 amide bonds. The van der Waals surface area contributed by atoms with Crippen molar-refractivity contribution in [3.05, 3.63) is 41.7 Å². The number of anilines is 1. The third-order valence-corrected chi connectivity index (χ3v) is 3.09. The van der Waals surface area contributed by atoms with Gasteiger partial charge in [-0.1, -0.05) is 12.1 Å². The van der Waals surface area contributed by atoms with Crippen LogP contribution < -0.4 is 9.64 Å². The minimum absolute atomic E-state index is 0.187. The number of nitrogens with zero attached hydrogens (tertiary/aromatic N) is 3. The Balaban J connectivity index is 1.76. The van der Waals surface area contributed by atoms with Crippen LogP contribution in [0.4, 0.5) is 19.1 Å². The van der Waals surface area contributed by atoms with Crippen LogP contribution in [0.3, 0.4) is 0 Å². The summed E-state index contributed by atoms with van der Waals surface area (Å²) in [5.74, 6) is -0.00189. The maximum Gasteiger partial charge on any atom is 0.573 e. The molecule has 0 saturated heterocycles. The summed E-state index contributed by atoms with van der Waals surface area (Å²) in [7, 11) is 0. The van der Waals surface area contributed by atoms with Gasteiger partial charge in [0.2, 0.25) is 5.95 Å². The molecule has 1 aliphatic rings. The Kier molecular flexibility index (Phi) is 3.08. The van der Waals surface area contributed by atoms with Crippen LogP contribution in [0.2, 0.25) is 0 Å². The summed E-state index contributed by atoms with van der Waals surface area (Å²) in [6.45, 7) is 0.894. The number of hydrogen-bond donors (Lipinski definition) is 1. The molecule has 0 unspecified atom stereocenters. The van der Waals surface area contributed by atoms with Crippen LogP contribution in [0, 0.1) is 0 Å². The van der Waals surface area contributed by atoms with E-state index in [2.05, 4.69) is 14.7 Å². The van der Waals surface area contributed by atoms with Crippen LogP contribution in [-0.2, 0) is 13.1 Å².